The van der Waals surface area contributed by atoms with Crippen molar-refractivity contribution in [3.63, 3.8) is 0 Å². The van der Waals surface area contributed by atoms with Crippen LogP contribution in [-0.2, 0) is 26.4 Å². The predicted octanol–water partition coefficient (Wildman–Crippen LogP) is 3.77. The normalized spacial score (nSPS) is 11.2. The highest BCUT2D eigenvalue weighted by atomic mass is 127. The highest BCUT2D eigenvalue weighted by Crippen LogP contribution is 2.12. The zero-order valence-corrected chi connectivity index (χ0v) is 19.6. The first-order valence-corrected chi connectivity index (χ1v) is 9.71. The molecule has 156 valence electrons. The molecule has 0 fully saturated rings. The minimum absolute atomic E-state index is 0. The van der Waals surface area contributed by atoms with Gasteiger partial charge in [-0.15, -0.1) is 24.0 Å². The molecule has 2 heterocycles. The topological polar surface area (TPSA) is 67.4 Å². The Morgan fingerprint density at radius 1 is 1.03 bits per heavy atom. The molecule has 0 radical (unpaired) electrons. The first-order valence-electron chi connectivity index (χ1n) is 9.71. The second kappa shape index (κ2) is 11.6. The van der Waals surface area contributed by atoms with Crippen molar-refractivity contribution in [2.24, 2.45) is 12.0 Å². The second-order valence-electron chi connectivity index (χ2n) is 6.86. The number of aryl methyl sites for hydroxylation is 2. The summed E-state index contributed by atoms with van der Waals surface area (Å²) < 4.78 is 7.32. The maximum Gasteiger partial charge on any atom is 0.191 e. The Morgan fingerprint density at radius 3 is 2.38 bits per heavy atom. The average Bonchev–Trinajstić information content (AvgIpc) is 3.29. The van der Waals surface area contributed by atoms with Crippen molar-refractivity contribution < 1.29 is 4.42 Å². The van der Waals surface area contributed by atoms with E-state index >= 15 is 0 Å². The van der Waals surface area contributed by atoms with E-state index in [1.165, 1.54) is 11.1 Å². The van der Waals surface area contributed by atoms with E-state index in [1.807, 2.05) is 36.9 Å². The van der Waals surface area contributed by atoms with Crippen molar-refractivity contribution in [3.05, 3.63) is 77.0 Å². The fraction of sp³-hybridized carbons (Fsp3) is 0.364. The smallest absolute Gasteiger partial charge is 0.191 e. The quantitative estimate of drug-likeness (QED) is 0.277. The SMILES string of the molecule is Cc1nn(C)c(C)c1CN=C(NCCc1ccccc1)NCCc1ccco1.I. The summed E-state index contributed by atoms with van der Waals surface area (Å²) in [6, 6.07) is 14.4. The van der Waals surface area contributed by atoms with E-state index in [9.17, 15) is 0 Å². The number of hydrogen-bond donors (Lipinski definition) is 2. The van der Waals surface area contributed by atoms with Crippen LogP contribution in [0.3, 0.4) is 0 Å². The van der Waals surface area contributed by atoms with Crippen molar-refractivity contribution in [1.82, 2.24) is 20.4 Å². The van der Waals surface area contributed by atoms with E-state index in [-0.39, 0.29) is 24.0 Å². The van der Waals surface area contributed by atoms with Crippen LogP contribution in [0.5, 0.6) is 0 Å². The second-order valence-corrected chi connectivity index (χ2v) is 6.86. The van der Waals surface area contributed by atoms with Gasteiger partial charge in [0.15, 0.2) is 5.96 Å². The van der Waals surface area contributed by atoms with Gasteiger partial charge in [-0.3, -0.25) is 4.68 Å². The summed E-state index contributed by atoms with van der Waals surface area (Å²) in [6.07, 6.45) is 3.47. The van der Waals surface area contributed by atoms with Gasteiger partial charge in [-0.2, -0.15) is 5.10 Å². The molecule has 0 saturated carbocycles. The molecule has 2 aromatic heterocycles. The van der Waals surface area contributed by atoms with E-state index in [0.717, 1.165) is 49.0 Å². The van der Waals surface area contributed by atoms with Crippen LogP contribution in [0.2, 0.25) is 0 Å². The number of nitrogens with one attached hydrogen (secondary N) is 2. The fourth-order valence-electron chi connectivity index (χ4n) is 3.11. The summed E-state index contributed by atoms with van der Waals surface area (Å²) in [7, 11) is 1.97. The Kier molecular flexibility index (Phi) is 9.24. The van der Waals surface area contributed by atoms with Gasteiger partial charge in [-0.05, 0) is 38.0 Å². The number of furan rings is 1. The molecule has 0 aliphatic heterocycles. The van der Waals surface area contributed by atoms with Crippen molar-refractivity contribution in [1.29, 1.82) is 0 Å². The van der Waals surface area contributed by atoms with E-state index in [2.05, 4.69) is 46.9 Å². The predicted molar refractivity (Wildman–Crippen MR) is 128 cm³/mol. The summed E-state index contributed by atoms with van der Waals surface area (Å²) in [4.78, 5) is 4.79. The van der Waals surface area contributed by atoms with Crippen molar-refractivity contribution in [2.45, 2.75) is 33.2 Å². The zero-order chi connectivity index (χ0) is 19.8. The molecule has 0 atom stereocenters. The lowest BCUT2D eigenvalue weighted by atomic mass is 10.1. The van der Waals surface area contributed by atoms with Gasteiger partial charge in [0.25, 0.3) is 0 Å². The molecule has 3 aromatic rings. The van der Waals surface area contributed by atoms with Gasteiger partial charge in [0.05, 0.1) is 18.5 Å². The number of hydrogen-bond acceptors (Lipinski definition) is 3. The lowest BCUT2D eigenvalue weighted by Crippen LogP contribution is -2.39. The first-order chi connectivity index (χ1) is 13.6. The lowest BCUT2D eigenvalue weighted by Gasteiger charge is -2.12. The summed E-state index contributed by atoms with van der Waals surface area (Å²) in [5.41, 5.74) is 4.67. The summed E-state index contributed by atoms with van der Waals surface area (Å²) in [5.74, 6) is 1.78. The average molecular weight is 507 g/mol. The molecule has 0 aliphatic carbocycles. The van der Waals surface area contributed by atoms with Gasteiger partial charge in [0, 0.05) is 37.8 Å². The van der Waals surface area contributed by atoms with Crippen LogP contribution in [0, 0.1) is 13.8 Å². The Bertz CT molecular complexity index is 888. The molecule has 6 nitrogen and oxygen atoms in total. The Labute approximate surface area is 189 Å². The molecule has 0 aliphatic rings. The summed E-state index contributed by atoms with van der Waals surface area (Å²) in [5, 5.41) is 11.3. The molecule has 29 heavy (non-hydrogen) atoms. The number of aliphatic imine (C=N–C) groups is 1. The third kappa shape index (κ3) is 6.92. The van der Waals surface area contributed by atoms with Crippen LogP contribution in [0.1, 0.15) is 28.3 Å². The van der Waals surface area contributed by atoms with Gasteiger partial charge in [0.1, 0.15) is 5.76 Å². The molecular formula is C22H30IN5O. The standard InChI is InChI=1S/C22H29N5O.HI/c1-17-21(18(2)27(3)26-17)16-25-22(24-14-12-20-10-7-15-28-20)23-13-11-19-8-5-4-6-9-19;/h4-10,15H,11-14,16H2,1-3H3,(H2,23,24,25);1H. The molecule has 0 amide bonds. The monoisotopic (exact) mass is 507 g/mol. The van der Waals surface area contributed by atoms with Crippen molar-refractivity contribution in [3.8, 4) is 0 Å². The molecule has 0 spiro atoms. The minimum atomic E-state index is 0. The Morgan fingerprint density at radius 2 is 1.76 bits per heavy atom. The highest BCUT2D eigenvalue weighted by Gasteiger charge is 2.09. The number of halogens is 1. The van der Waals surface area contributed by atoms with Crippen LogP contribution < -0.4 is 10.6 Å². The Hall–Kier alpha value is -2.29. The molecule has 3 rings (SSSR count). The van der Waals surface area contributed by atoms with Gasteiger partial charge < -0.3 is 15.1 Å². The molecule has 0 saturated heterocycles. The number of aromatic nitrogens is 2. The highest BCUT2D eigenvalue weighted by molar-refractivity contribution is 14.0. The molecule has 1 aromatic carbocycles. The summed E-state index contributed by atoms with van der Waals surface area (Å²) >= 11 is 0. The van der Waals surface area contributed by atoms with Crippen LogP contribution in [0.25, 0.3) is 0 Å². The fourth-order valence-corrected chi connectivity index (χ4v) is 3.11. The molecule has 7 heteroatoms. The maximum absolute atomic E-state index is 5.41. The molecular weight excluding hydrogens is 477 g/mol. The van der Waals surface area contributed by atoms with Crippen LogP contribution >= 0.6 is 24.0 Å². The molecule has 0 unspecified atom stereocenters. The minimum Gasteiger partial charge on any atom is -0.469 e. The third-order valence-electron chi connectivity index (χ3n) is 4.85. The maximum atomic E-state index is 5.41. The van der Waals surface area contributed by atoms with E-state index < -0.39 is 0 Å². The number of guanidine groups is 1. The molecule has 0 bridgehead atoms. The van der Waals surface area contributed by atoms with Gasteiger partial charge in [-0.25, -0.2) is 4.99 Å². The third-order valence-corrected chi connectivity index (χ3v) is 4.85. The van der Waals surface area contributed by atoms with Gasteiger partial charge >= 0.3 is 0 Å². The van der Waals surface area contributed by atoms with Gasteiger partial charge in [0.2, 0.25) is 0 Å². The van der Waals surface area contributed by atoms with Crippen molar-refractivity contribution in [2.75, 3.05) is 13.1 Å². The first kappa shape index (κ1) is 23.0. The van der Waals surface area contributed by atoms with E-state index in [0.29, 0.717) is 6.54 Å². The lowest BCUT2D eigenvalue weighted by molar-refractivity contribution is 0.506. The van der Waals surface area contributed by atoms with Crippen LogP contribution in [0.15, 0.2) is 58.1 Å². The molecule has 2 N–H and O–H groups in total. The number of nitrogens with zero attached hydrogens (tertiary/aromatic N) is 3. The van der Waals surface area contributed by atoms with E-state index in [1.54, 1.807) is 6.26 Å². The van der Waals surface area contributed by atoms with Crippen LogP contribution in [0.4, 0.5) is 0 Å². The largest absolute Gasteiger partial charge is 0.469 e. The van der Waals surface area contributed by atoms with Crippen molar-refractivity contribution >= 4 is 29.9 Å². The van der Waals surface area contributed by atoms with Crippen LogP contribution in [-0.4, -0.2) is 28.8 Å². The zero-order valence-electron chi connectivity index (χ0n) is 17.3. The summed E-state index contributed by atoms with van der Waals surface area (Å²) in [6.45, 7) is 6.30. The van der Waals surface area contributed by atoms with E-state index in [4.69, 9.17) is 9.41 Å². The Balaban J connectivity index is 0.00000300. The number of benzene rings is 1. The number of rotatable bonds is 8. The van der Waals surface area contributed by atoms with Gasteiger partial charge in [-0.1, -0.05) is 30.3 Å².